The summed E-state index contributed by atoms with van der Waals surface area (Å²) < 4.78 is 7.17. The minimum Gasteiger partial charge on any atom is -0.497 e. The van der Waals surface area contributed by atoms with Crippen molar-refractivity contribution in [1.29, 1.82) is 0 Å². The third-order valence-electron chi connectivity index (χ3n) is 5.32. The topological polar surface area (TPSA) is 76.8 Å². The fourth-order valence-electron chi connectivity index (χ4n) is 3.66. The number of nitrogens with zero attached hydrogens (tertiary/aromatic N) is 4. The number of carbonyl (C=O) groups excluding carboxylic acids is 2. The maximum Gasteiger partial charge on any atom is 0.261 e. The van der Waals surface area contributed by atoms with Crippen molar-refractivity contribution in [3.8, 4) is 5.75 Å². The molecule has 158 valence electrons. The van der Waals surface area contributed by atoms with Gasteiger partial charge >= 0.3 is 0 Å². The van der Waals surface area contributed by atoms with E-state index in [0.29, 0.717) is 17.7 Å². The number of rotatable bonds is 8. The molecule has 0 unspecified atom stereocenters. The maximum atomic E-state index is 13.3. The Kier molecular flexibility index (Phi) is 6.21. The van der Waals surface area contributed by atoms with E-state index < -0.39 is 5.92 Å². The van der Waals surface area contributed by atoms with E-state index in [-0.39, 0.29) is 18.4 Å². The van der Waals surface area contributed by atoms with Crippen molar-refractivity contribution in [3.63, 3.8) is 0 Å². The molecule has 7 nitrogen and oxygen atoms in total. The second-order valence-electron chi connectivity index (χ2n) is 7.35. The van der Waals surface area contributed by atoms with E-state index in [2.05, 4.69) is 9.98 Å². The Hall–Kier alpha value is -3.74. The molecule has 0 spiro atoms. The minimum absolute atomic E-state index is 0.209. The van der Waals surface area contributed by atoms with Crippen LogP contribution in [0.5, 0.6) is 5.75 Å². The molecule has 0 fully saturated rings. The van der Waals surface area contributed by atoms with Crippen LogP contribution in [-0.2, 0) is 17.9 Å². The fraction of sp³-hybridized carbons (Fsp3) is 0.250. The van der Waals surface area contributed by atoms with Crippen molar-refractivity contribution in [2.45, 2.75) is 25.4 Å². The fourth-order valence-corrected chi connectivity index (χ4v) is 3.66. The van der Waals surface area contributed by atoms with Gasteiger partial charge in [-0.1, -0.05) is 30.3 Å². The van der Waals surface area contributed by atoms with Crippen molar-refractivity contribution in [1.82, 2.24) is 14.5 Å². The Balaban J connectivity index is 1.51. The zero-order chi connectivity index (χ0) is 21.6. The first kappa shape index (κ1) is 20.5. The van der Waals surface area contributed by atoms with Gasteiger partial charge in [0, 0.05) is 37.3 Å². The monoisotopic (exact) mass is 416 g/mol. The minimum atomic E-state index is -0.569. The summed E-state index contributed by atoms with van der Waals surface area (Å²) in [6, 6.07) is 14.6. The number of hydrogen-bond acceptors (Lipinski definition) is 5. The average molecular weight is 416 g/mol. The molecule has 0 aliphatic carbocycles. The van der Waals surface area contributed by atoms with E-state index in [1.165, 1.54) is 4.90 Å². The van der Waals surface area contributed by atoms with Gasteiger partial charge in [-0.3, -0.25) is 19.5 Å². The summed E-state index contributed by atoms with van der Waals surface area (Å²) in [5.74, 6) is -0.370. The number of fused-ring (bicyclic) bond motifs is 1. The number of hydrogen-bond donors (Lipinski definition) is 0. The predicted molar refractivity (Wildman–Crippen MR) is 117 cm³/mol. The zero-order valence-corrected chi connectivity index (χ0v) is 17.3. The van der Waals surface area contributed by atoms with Crippen molar-refractivity contribution in [2.75, 3.05) is 13.7 Å². The van der Waals surface area contributed by atoms with Crippen LogP contribution < -0.4 is 4.74 Å². The summed E-state index contributed by atoms with van der Waals surface area (Å²) in [6.07, 6.45) is 7.95. The number of carbonyl (C=O) groups is 2. The summed E-state index contributed by atoms with van der Waals surface area (Å²) in [5, 5.41) is 0. The van der Waals surface area contributed by atoms with Gasteiger partial charge in [-0.2, -0.15) is 0 Å². The molecule has 4 rings (SSSR count). The number of ether oxygens (including phenoxy) is 1. The van der Waals surface area contributed by atoms with Gasteiger partial charge < -0.3 is 9.30 Å². The highest BCUT2D eigenvalue weighted by Crippen LogP contribution is 2.29. The molecule has 31 heavy (non-hydrogen) atoms. The van der Waals surface area contributed by atoms with Gasteiger partial charge in [-0.25, -0.2) is 4.98 Å². The molecule has 1 aliphatic heterocycles. The van der Waals surface area contributed by atoms with Crippen molar-refractivity contribution in [3.05, 3.63) is 83.9 Å². The molecule has 1 aliphatic rings. The van der Waals surface area contributed by atoms with Crippen LogP contribution in [0.1, 0.15) is 33.8 Å². The molecular formula is C24H24N4O3. The quantitative estimate of drug-likeness (QED) is 0.321. The van der Waals surface area contributed by atoms with Crippen molar-refractivity contribution in [2.24, 2.45) is 4.99 Å². The van der Waals surface area contributed by atoms with Gasteiger partial charge in [0.2, 0.25) is 5.91 Å². The van der Waals surface area contributed by atoms with Crippen LogP contribution in [0.3, 0.4) is 0 Å². The molecule has 0 bridgehead atoms. The summed E-state index contributed by atoms with van der Waals surface area (Å²) in [6.45, 7) is 1.62. The number of methoxy groups -OCH3 is 1. The van der Waals surface area contributed by atoms with E-state index >= 15 is 0 Å². The highest BCUT2D eigenvalue weighted by atomic mass is 16.5. The van der Waals surface area contributed by atoms with E-state index in [4.69, 9.17) is 4.74 Å². The number of amides is 2. The largest absolute Gasteiger partial charge is 0.497 e. The molecule has 1 atom stereocenters. The molecule has 2 heterocycles. The smallest absolute Gasteiger partial charge is 0.261 e. The van der Waals surface area contributed by atoms with Crippen LogP contribution in [0.4, 0.5) is 0 Å². The van der Waals surface area contributed by atoms with Gasteiger partial charge in [0.15, 0.2) is 0 Å². The first-order chi connectivity index (χ1) is 15.2. The van der Waals surface area contributed by atoms with Crippen LogP contribution in [0.2, 0.25) is 0 Å². The molecule has 1 aromatic heterocycles. The lowest BCUT2D eigenvalue weighted by molar-refractivity contribution is -0.129. The second-order valence-corrected chi connectivity index (χ2v) is 7.35. The van der Waals surface area contributed by atoms with Crippen LogP contribution in [0.25, 0.3) is 0 Å². The number of aliphatic imine (C=N–C) groups is 1. The second kappa shape index (κ2) is 9.38. The molecule has 0 saturated carbocycles. The van der Waals surface area contributed by atoms with E-state index in [1.807, 2.05) is 53.2 Å². The summed E-state index contributed by atoms with van der Waals surface area (Å²) in [7, 11) is 1.60. The van der Waals surface area contributed by atoms with Crippen LogP contribution in [0, 0.1) is 0 Å². The molecule has 0 N–H and O–H groups in total. The molecular weight excluding hydrogens is 392 g/mol. The first-order valence-electron chi connectivity index (χ1n) is 10.2. The van der Waals surface area contributed by atoms with E-state index in [0.717, 1.165) is 24.3 Å². The summed E-state index contributed by atoms with van der Waals surface area (Å²) >= 11 is 0. The number of imide groups is 1. The standard InChI is InChI=1S/C24H24N4O3/c1-31-19-9-7-18(8-10-19)16-28-23(29)21-6-3-2-5-20(21)22(24(28)30)15-25-11-4-13-27-14-12-26-17-27/h2-3,5-10,12,14-15,17,22H,4,11,13,16H2,1H3/t22-/m1/s1. The van der Waals surface area contributed by atoms with Crippen molar-refractivity contribution >= 4 is 18.0 Å². The Labute approximate surface area is 181 Å². The lowest BCUT2D eigenvalue weighted by Crippen LogP contribution is -2.44. The van der Waals surface area contributed by atoms with E-state index in [9.17, 15) is 9.59 Å². The van der Waals surface area contributed by atoms with Crippen LogP contribution >= 0.6 is 0 Å². The number of imidazole rings is 1. The normalized spacial score (nSPS) is 16.0. The van der Waals surface area contributed by atoms with Crippen molar-refractivity contribution < 1.29 is 14.3 Å². The Morgan fingerprint density at radius 3 is 2.68 bits per heavy atom. The van der Waals surface area contributed by atoms with Gasteiger partial charge in [-0.05, 0) is 35.7 Å². The third-order valence-corrected chi connectivity index (χ3v) is 5.32. The third kappa shape index (κ3) is 4.55. The van der Waals surface area contributed by atoms with Gasteiger partial charge in [0.1, 0.15) is 5.75 Å². The van der Waals surface area contributed by atoms with Gasteiger partial charge in [0.05, 0.1) is 25.9 Å². The molecule has 3 aromatic rings. The van der Waals surface area contributed by atoms with E-state index in [1.54, 1.807) is 31.9 Å². The first-order valence-corrected chi connectivity index (χ1v) is 10.2. The van der Waals surface area contributed by atoms with Gasteiger partial charge in [-0.15, -0.1) is 0 Å². The summed E-state index contributed by atoms with van der Waals surface area (Å²) in [4.78, 5) is 36.1. The molecule has 0 radical (unpaired) electrons. The van der Waals surface area contributed by atoms with Gasteiger partial charge in [0.25, 0.3) is 5.91 Å². The number of aromatic nitrogens is 2. The van der Waals surface area contributed by atoms with Crippen LogP contribution in [-0.4, -0.2) is 46.1 Å². The molecule has 0 saturated heterocycles. The maximum absolute atomic E-state index is 13.3. The highest BCUT2D eigenvalue weighted by Gasteiger charge is 2.37. The predicted octanol–water partition coefficient (Wildman–Crippen LogP) is 3.32. The number of aryl methyl sites for hydroxylation is 1. The Morgan fingerprint density at radius 2 is 1.94 bits per heavy atom. The molecule has 2 aromatic carbocycles. The lowest BCUT2D eigenvalue weighted by atomic mass is 9.89. The highest BCUT2D eigenvalue weighted by molar-refractivity contribution is 6.16. The Bertz CT molecular complexity index is 1070. The lowest BCUT2D eigenvalue weighted by Gasteiger charge is -2.31. The Morgan fingerprint density at radius 1 is 1.13 bits per heavy atom. The molecule has 7 heteroatoms. The SMILES string of the molecule is COc1ccc(CN2C(=O)c3ccccc3[C@@H](C=NCCCn3ccnc3)C2=O)cc1. The average Bonchev–Trinajstić information content (AvgIpc) is 3.32. The van der Waals surface area contributed by atoms with Crippen LogP contribution in [0.15, 0.2) is 72.2 Å². The number of benzene rings is 2. The molecule has 2 amide bonds. The zero-order valence-electron chi connectivity index (χ0n) is 17.3. The summed E-state index contributed by atoms with van der Waals surface area (Å²) in [5.41, 5.74) is 2.12.